The molecule has 0 fully saturated rings. The summed E-state index contributed by atoms with van der Waals surface area (Å²) < 4.78 is 29.9. The van der Waals surface area contributed by atoms with E-state index in [0.29, 0.717) is 11.1 Å². The van der Waals surface area contributed by atoms with Crippen LogP contribution in [-0.4, -0.2) is 41.4 Å². The van der Waals surface area contributed by atoms with Crippen LogP contribution in [-0.2, 0) is 15.1 Å². The predicted molar refractivity (Wildman–Crippen MR) is 104 cm³/mol. The molecule has 9 heteroatoms. The number of nitrogens with one attached hydrogen (secondary N) is 1. The van der Waals surface area contributed by atoms with Crippen LogP contribution in [0.5, 0.6) is 11.9 Å². The molecule has 3 rings (SSSR count). The summed E-state index contributed by atoms with van der Waals surface area (Å²) in [6.07, 6.45) is -1.70. The Hall–Kier alpha value is -3.72. The Labute approximate surface area is 170 Å². The lowest BCUT2D eigenvalue weighted by Gasteiger charge is -2.37. The normalized spacial score (nSPS) is 12.2. The number of benzene rings is 2. The average Bonchev–Trinajstić information content (AvgIpc) is 2.77. The molecule has 30 heavy (non-hydrogen) atoms. The minimum absolute atomic E-state index is 0.488. The zero-order valence-corrected chi connectivity index (χ0v) is 16.2. The summed E-state index contributed by atoms with van der Waals surface area (Å²) in [5, 5.41) is 10.0. The van der Waals surface area contributed by atoms with Crippen LogP contribution in [0.2, 0.25) is 0 Å². The second-order valence-corrected chi connectivity index (χ2v) is 6.20. The van der Waals surface area contributed by atoms with Gasteiger partial charge in [0.1, 0.15) is 0 Å². The molecule has 1 atom stereocenters. The monoisotopic (exact) mass is 414 g/mol. The van der Waals surface area contributed by atoms with E-state index >= 15 is 0 Å². The predicted octanol–water partition coefficient (Wildman–Crippen LogP) is 2.34. The lowest BCUT2D eigenvalue weighted by Crippen LogP contribution is -2.51. The topological polar surface area (TPSA) is 111 Å². The first kappa shape index (κ1) is 21.0. The van der Waals surface area contributed by atoms with E-state index in [-0.39, 0.29) is 0 Å². The number of ether oxygens (including phenoxy) is 3. The van der Waals surface area contributed by atoms with E-state index in [4.69, 9.17) is 14.2 Å². The molecule has 2 aromatic carbocycles. The third kappa shape index (κ3) is 3.74. The molecule has 0 aliphatic heterocycles. The Morgan fingerprint density at radius 3 is 2.03 bits per heavy atom. The third-order valence-corrected chi connectivity index (χ3v) is 4.55. The van der Waals surface area contributed by atoms with Gasteiger partial charge in [0.2, 0.25) is 11.9 Å². The Morgan fingerprint density at radius 2 is 1.60 bits per heavy atom. The Bertz CT molecular complexity index is 1030. The quantitative estimate of drug-likeness (QED) is 0.582. The number of methoxy groups -OCH3 is 2. The van der Waals surface area contributed by atoms with Crippen molar-refractivity contribution >= 4 is 5.97 Å². The van der Waals surface area contributed by atoms with Gasteiger partial charge in [-0.3, -0.25) is 9.78 Å². The Balaban J connectivity index is 2.20. The number of hydrogen-bond acceptors (Lipinski definition) is 6. The number of aromatic nitrogens is 2. The van der Waals surface area contributed by atoms with Gasteiger partial charge in [0.25, 0.3) is 11.4 Å². The molecule has 0 saturated carbocycles. The molecule has 0 saturated heterocycles. The van der Waals surface area contributed by atoms with Crippen molar-refractivity contribution in [3.8, 4) is 11.9 Å². The molecule has 1 aromatic heterocycles. The smallest absolute Gasteiger partial charge is 0.348 e. The highest BCUT2D eigenvalue weighted by Gasteiger charge is 2.49. The number of aliphatic carboxylic acids is 1. The van der Waals surface area contributed by atoms with E-state index < -0.39 is 40.9 Å². The number of carbonyl (C=O) groups is 1. The van der Waals surface area contributed by atoms with Crippen molar-refractivity contribution in [3.05, 3.63) is 88.0 Å². The molecule has 0 aliphatic rings. The number of halogens is 1. The zero-order chi connectivity index (χ0) is 21.7. The number of hydrogen-bond donors (Lipinski definition) is 2. The highest BCUT2D eigenvalue weighted by Crippen LogP contribution is 2.38. The number of carboxylic acids is 1. The van der Waals surface area contributed by atoms with Gasteiger partial charge in [-0.2, -0.15) is 9.37 Å². The van der Waals surface area contributed by atoms with Gasteiger partial charge >= 0.3 is 12.0 Å². The van der Waals surface area contributed by atoms with Gasteiger partial charge in [-0.1, -0.05) is 60.7 Å². The molecule has 8 nitrogen and oxygen atoms in total. The van der Waals surface area contributed by atoms with Gasteiger partial charge in [0.15, 0.2) is 5.60 Å². The van der Waals surface area contributed by atoms with Crippen molar-refractivity contribution in [2.45, 2.75) is 11.7 Å². The molecule has 0 amide bonds. The fourth-order valence-corrected chi connectivity index (χ4v) is 3.21. The number of rotatable bonds is 8. The minimum Gasteiger partial charge on any atom is -0.479 e. The van der Waals surface area contributed by atoms with Gasteiger partial charge in [-0.05, 0) is 11.1 Å². The highest BCUT2D eigenvalue weighted by atomic mass is 19.1. The first-order valence-electron chi connectivity index (χ1n) is 8.83. The van der Waals surface area contributed by atoms with Gasteiger partial charge in [-0.25, -0.2) is 4.79 Å². The minimum atomic E-state index is -1.70. The molecule has 0 spiro atoms. The maximum Gasteiger partial charge on any atom is 0.348 e. The van der Waals surface area contributed by atoms with Gasteiger partial charge in [0.05, 0.1) is 7.11 Å². The summed E-state index contributed by atoms with van der Waals surface area (Å²) in [5.41, 5.74) is -1.80. The molecule has 156 valence electrons. The summed E-state index contributed by atoms with van der Waals surface area (Å²) in [6.45, 7) is 0. The van der Waals surface area contributed by atoms with E-state index in [1.165, 1.54) is 7.11 Å². The number of carboxylic acid groups (broad SMARTS) is 1. The Morgan fingerprint density at radius 1 is 1.07 bits per heavy atom. The molecule has 1 unspecified atom stereocenters. The molecular weight excluding hydrogens is 395 g/mol. The van der Waals surface area contributed by atoms with Gasteiger partial charge < -0.3 is 19.3 Å². The van der Waals surface area contributed by atoms with Crippen LogP contribution in [0.15, 0.2) is 65.5 Å². The summed E-state index contributed by atoms with van der Waals surface area (Å²) in [5.74, 6) is -3.27. The van der Waals surface area contributed by atoms with Crippen LogP contribution in [0.1, 0.15) is 11.1 Å². The first-order chi connectivity index (χ1) is 14.4. The number of nitrogens with zero attached hydrogens (tertiary/aromatic N) is 1. The number of aromatic amines is 1. The molecular formula is C21H19FN2O6. The van der Waals surface area contributed by atoms with E-state index in [2.05, 4.69) is 9.97 Å². The highest BCUT2D eigenvalue weighted by molar-refractivity contribution is 5.76. The molecule has 0 bridgehead atoms. The maximum atomic E-state index is 13.8. The maximum absolute atomic E-state index is 13.8. The van der Waals surface area contributed by atoms with Crippen molar-refractivity contribution in [1.82, 2.24) is 9.97 Å². The summed E-state index contributed by atoms with van der Waals surface area (Å²) >= 11 is 0. The zero-order valence-electron chi connectivity index (χ0n) is 16.2. The van der Waals surface area contributed by atoms with Crippen molar-refractivity contribution in [1.29, 1.82) is 0 Å². The third-order valence-electron chi connectivity index (χ3n) is 4.55. The summed E-state index contributed by atoms with van der Waals surface area (Å²) in [4.78, 5) is 29.9. The standard InChI is InChI=1S/C21H19FN2O6/c1-28-18-15(22)17(25)23-20(24-18)30-16(19(26)27)21(29-2,13-9-5-3-6-10-13)14-11-7-4-8-12-14/h3-12,16H,1-2H3,(H,26,27)(H,23,24,25). The van der Waals surface area contributed by atoms with Crippen LogP contribution in [0.4, 0.5) is 4.39 Å². The molecule has 3 aromatic rings. The van der Waals surface area contributed by atoms with E-state index in [9.17, 15) is 19.1 Å². The SMILES string of the molecule is COc1nc(OC(C(=O)O)C(OC)(c2ccccc2)c2ccccc2)[nH]c(=O)c1F. The van der Waals surface area contributed by atoms with Crippen molar-refractivity contribution in [2.24, 2.45) is 0 Å². The molecule has 1 heterocycles. The van der Waals surface area contributed by atoms with Crippen LogP contribution in [0.3, 0.4) is 0 Å². The fraction of sp³-hybridized carbons (Fsp3) is 0.190. The Kier molecular flexibility index (Phi) is 6.12. The van der Waals surface area contributed by atoms with E-state index in [0.717, 1.165) is 7.11 Å². The molecule has 0 radical (unpaired) electrons. The van der Waals surface area contributed by atoms with E-state index in [1.54, 1.807) is 60.7 Å². The number of H-pyrrole nitrogens is 1. The van der Waals surface area contributed by atoms with Crippen LogP contribution in [0.25, 0.3) is 0 Å². The lowest BCUT2D eigenvalue weighted by atomic mass is 9.81. The first-order valence-corrected chi connectivity index (χ1v) is 8.83. The van der Waals surface area contributed by atoms with Crippen molar-refractivity contribution < 1.29 is 28.5 Å². The second kappa shape index (κ2) is 8.75. The summed E-state index contributed by atoms with van der Waals surface area (Å²) in [7, 11) is 2.47. The van der Waals surface area contributed by atoms with Crippen LogP contribution in [0, 0.1) is 5.82 Å². The van der Waals surface area contributed by atoms with Crippen LogP contribution < -0.4 is 15.0 Å². The van der Waals surface area contributed by atoms with Crippen molar-refractivity contribution in [3.63, 3.8) is 0 Å². The van der Waals surface area contributed by atoms with Gasteiger partial charge in [-0.15, -0.1) is 0 Å². The second-order valence-electron chi connectivity index (χ2n) is 6.20. The largest absolute Gasteiger partial charge is 0.479 e. The lowest BCUT2D eigenvalue weighted by molar-refractivity contribution is -0.160. The van der Waals surface area contributed by atoms with Gasteiger partial charge in [0, 0.05) is 7.11 Å². The van der Waals surface area contributed by atoms with E-state index in [1.807, 2.05) is 0 Å². The van der Waals surface area contributed by atoms with Crippen molar-refractivity contribution in [2.75, 3.05) is 14.2 Å². The summed E-state index contributed by atoms with van der Waals surface area (Å²) in [6, 6.07) is 16.7. The fourth-order valence-electron chi connectivity index (χ4n) is 3.21. The average molecular weight is 414 g/mol. The molecule has 2 N–H and O–H groups in total. The van der Waals surface area contributed by atoms with Crippen LogP contribution >= 0.6 is 0 Å². The molecule has 0 aliphatic carbocycles.